The molecule has 0 bridgehead atoms. The zero-order chi connectivity index (χ0) is 52.6. The zero-order valence-electron chi connectivity index (χ0n) is 41.9. The van der Waals surface area contributed by atoms with Crippen LogP contribution in [0.25, 0.3) is 44.5 Å². The van der Waals surface area contributed by atoms with Gasteiger partial charge in [0, 0.05) is 66.8 Å². The SMILES string of the molecule is CCOC(=O)c1cccc2c1-c1ccccc1C2=NN=C1c2ccccc2-c2c(C(=O)OCCOCCOC(=O)c3cccc4c3-c3ccccc3C4=NN=C3c4ccccc4-c4c(C(=O)OCC)cccc43)cccc21. The third-order valence-electron chi connectivity index (χ3n) is 13.9. The van der Waals surface area contributed by atoms with Crippen molar-refractivity contribution in [3.63, 3.8) is 0 Å². The third kappa shape index (κ3) is 8.43. The van der Waals surface area contributed by atoms with Crippen molar-refractivity contribution in [3.05, 3.63) is 237 Å². The minimum absolute atomic E-state index is 0.0433. The second-order valence-electron chi connectivity index (χ2n) is 18.2. The molecule has 12 rings (SSSR count). The Bertz CT molecular complexity index is 3670. The molecule has 0 N–H and O–H groups in total. The van der Waals surface area contributed by atoms with Crippen LogP contribution in [0.3, 0.4) is 0 Å². The van der Waals surface area contributed by atoms with Crippen LogP contribution in [0.1, 0.15) is 99.8 Å². The normalized spacial score (nSPS) is 14.8. The van der Waals surface area contributed by atoms with Crippen molar-refractivity contribution in [1.82, 2.24) is 0 Å². The molecule has 0 amide bonds. The van der Waals surface area contributed by atoms with Crippen molar-refractivity contribution < 1.29 is 42.9 Å². The van der Waals surface area contributed by atoms with Crippen molar-refractivity contribution in [3.8, 4) is 44.5 Å². The van der Waals surface area contributed by atoms with E-state index in [1.807, 2.05) is 133 Å². The lowest BCUT2D eigenvalue weighted by Gasteiger charge is -2.11. The molecule has 13 nitrogen and oxygen atoms in total. The van der Waals surface area contributed by atoms with Gasteiger partial charge in [0.25, 0.3) is 0 Å². The first-order chi connectivity index (χ1) is 37.9. The Kier molecular flexibility index (Phi) is 12.9. The molecule has 13 heteroatoms. The number of rotatable bonds is 14. The van der Waals surface area contributed by atoms with Gasteiger partial charge in [-0.15, -0.1) is 20.4 Å². The molecule has 0 aromatic heterocycles. The highest BCUT2D eigenvalue weighted by atomic mass is 16.6. The Hall–Kier alpha value is -9.72. The van der Waals surface area contributed by atoms with E-state index in [4.69, 9.17) is 44.1 Å². The molecule has 4 aliphatic carbocycles. The smallest absolute Gasteiger partial charge is 0.338 e. The Morgan fingerprint density at radius 2 is 0.519 bits per heavy atom. The predicted octanol–water partition coefficient (Wildman–Crippen LogP) is 11.6. The first kappa shape index (κ1) is 48.2. The molecule has 0 saturated heterocycles. The summed E-state index contributed by atoms with van der Waals surface area (Å²) < 4.78 is 28.1. The maximum Gasteiger partial charge on any atom is 0.338 e. The van der Waals surface area contributed by atoms with Crippen molar-refractivity contribution in [2.75, 3.05) is 39.6 Å². The van der Waals surface area contributed by atoms with E-state index in [1.165, 1.54) is 0 Å². The summed E-state index contributed by atoms with van der Waals surface area (Å²) in [6.45, 7) is 4.11. The fourth-order valence-corrected chi connectivity index (χ4v) is 10.7. The first-order valence-corrected chi connectivity index (χ1v) is 25.4. The van der Waals surface area contributed by atoms with Gasteiger partial charge >= 0.3 is 23.9 Å². The van der Waals surface area contributed by atoms with Gasteiger partial charge in [-0.1, -0.05) is 146 Å². The van der Waals surface area contributed by atoms with Gasteiger partial charge < -0.3 is 23.7 Å². The quantitative estimate of drug-likeness (QED) is 0.0446. The van der Waals surface area contributed by atoms with Crippen LogP contribution in [0.4, 0.5) is 0 Å². The average molecular weight is 1020 g/mol. The van der Waals surface area contributed by atoms with E-state index in [2.05, 4.69) is 0 Å². The fraction of sp³-hybridized carbons (Fsp3) is 0.125. The summed E-state index contributed by atoms with van der Waals surface area (Å²) in [5.41, 5.74) is 16.7. The summed E-state index contributed by atoms with van der Waals surface area (Å²) in [6, 6.07) is 52.9. The second-order valence-corrected chi connectivity index (χ2v) is 18.2. The molecule has 0 heterocycles. The highest BCUT2D eigenvalue weighted by molar-refractivity contribution is 6.31. The van der Waals surface area contributed by atoms with Gasteiger partial charge in [-0.05, 0) is 60.4 Å². The molecular weight excluding hydrogens is 969 g/mol. The average Bonchev–Trinajstić information content (AvgIpc) is 4.20. The summed E-state index contributed by atoms with van der Waals surface area (Å²) in [6.07, 6.45) is 0. The third-order valence-corrected chi connectivity index (χ3v) is 13.9. The summed E-state index contributed by atoms with van der Waals surface area (Å²) in [5.74, 6) is -1.87. The van der Waals surface area contributed by atoms with E-state index in [0.29, 0.717) is 56.2 Å². The molecule has 0 atom stereocenters. The van der Waals surface area contributed by atoms with Gasteiger partial charge in [-0.25, -0.2) is 19.2 Å². The number of fused-ring (bicyclic) bond motifs is 12. The summed E-state index contributed by atoms with van der Waals surface area (Å²) in [4.78, 5) is 53.7. The van der Waals surface area contributed by atoms with Crippen LogP contribution in [0.2, 0.25) is 0 Å². The number of benzene rings is 8. The maximum absolute atomic E-state index is 13.8. The molecule has 4 aliphatic rings. The molecular formula is C64H46N4O9. The van der Waals surface area contributed by atoms with Crippen LogP contribution in [0.15, 0.2) is 190 Å². The van der Waals surface area contributed by atoms with Crippen LogP contribution < -0.4 is 0 Å². The van der Waals surface area contributed by atoms with Crippen molar-refractivity contribution in [1.29, 1.82) is 0 Å². The van der Waals surface area contributed by atoms with E-state index in [0.717, 1.165) is 77.9 Å². The minimum atomic E-state index is -0.530. The first-order valence-electron chi connectivity index (χ1n) is 25.4. The van der Waals surface area contributed by atoms with E-state index in [-0.39, 0.29) is 39.6 Å². The van der Waals surface area contributed by atoms with Gasteiger partial charge in [-0.3, -0.25) is 0 Å². The Morgan fingerprint density at radius 3 is 0.779 bits per heavy atom. The lowest BCUT2D eigenvalue weighted by atomic mass is 9.99. The molecule has 376 valence electrons. The molecule has 77 heavy (non-hydrogen) atoms. The largest absolute Gasteiger partial charge is 0.462 e. The monoisotopic (exact) mass is 1010 g/mol. The Balaban J connectivity index is 0.716. The molecule has 0 radical (unpaired) electrons. The maximum atomic E-state index is 13.8. The molecule has 0 spiro atoms. The lowest BCUT2D eigenvalue weighted by molar-refractivity contribution is 0.0151. The number of ether oxygens (including phenoxy) is 5. The number of hydrogen-bond acceptors (Lipinski definition) is 13. The van der Waals surface area contributed by atoms with Crippen LogP contribution in [0.5, 0.6) is 0 Å². The second kappa shape index (κ2) is 20.5. The summed E-state index contributed by atoms with van der Waals surface area (Å²) in [7, 11) is 0. The molecule has 0 unspecified atom stereocenters. The van der Waals surface area contributed by atoms with E-state index < -0.39 is 23.9 Å². The number of carbonyl (C=O) groups excluding carboxylic acids is 4. The van der Waals surface area contributed by atoms with E-state index in [9.17, 15) is 19.2 Å². The summed E-state index contributed by atoms with van der Waals surface area (Å²) in [5, 5.41) is 19.4. The molecule has 8 aromatic carbocycles. The molecule has 0 saturated carbocycles. The van der Waals surface area contributed by atoms with Crippen LogP contribution >= 0.6 is 0 Å². The highest BCUT2D eigenvalue weighted by Gasteiger charge is 2.35. The predicted molar refractivity (Wildman–Crippen MR) is 293 cm³/mol. The van der Waals surface area contributed by atoms with Crippen molar-refractivity contribution >= 4 is 46.7 Å². The van der Waals surface area contributed by atoms with Gasteiger partial charge in [-0.2, -0.15) is 0 Å². The highest BCUT2D eigenvalue weighted by Crippen LogP contribution is 2.44. The van der Waals surface area contributed by atoms with Gasteiger partial charge in [0.2, 0.25) is 0 Å². The van der Waals surface area contributed by atoms with Crippen LogP contribution in [-0.2, 0) is 23.7 Å². The Morgan fingerprint density at radius 1 is 0.286 bits per heavy atom. The molecule has 0 fully saturated rings. The number of esters is 4. The topological polar surface area (TPSA) is 164 Å². The number of carbonyl (C=O) groups is 4. The Labute approximate surface area is 442 Å². The minimum Gasteiger partial charge on any atom is -0.462 e. The van der Waals surface area contributed by atoms with E-state index >= 15 is 0 Å². The zero-order valence-corrected chi connectivity index (χ0v) is 41.9. The van der Waals surface area contributed by atoms with Gasteiger partial charge in [0.1, 0.15) is 36.1 Å². The van der Waals surface area contributed by atoms with Crippen molar-refractivity contribution in [2.24, 2.45) is 20.4 Å². The summed E-state index contributed by atoms with van der Waals surface area (Å²) >= 11 is 0. The molecule has 0 aliphatic heterocycles. The van der Waals surface area contributed by atoms with Crippen LogP contribution in [-0.4, -0.2) is 86.4 Å². The molecule has 8 aromatic rings. The van der Waals surface area contributed by atoms with Gasteiger partial charge in [0.05, 0.1) is 48.7 Å². The van der Waals surface area contributed by atoms with Gasteiger partial charge in [0.15, 0.2) is 0 Å². The number of hydrogen-bond donors (Lipinski definition) is 0. The van der Waals surface area contributed by atoms with E-state index in [1.54, 1.807) is 50.2 Å². The fourth-order valence-electron chi connectivity index (χ4n) is 10.7. The lowest BCUT2D eigenvalue weighted by Crippen LogP contribution is -2.15. The van der Waals surface area contributed by atoms with Crippen molar-refractivity contribution in [2.45, 2.75) is 13.8 Å². The van der Waals surface area contributed by atoms with Crippen LogP contribution in [0, 0.1) is 0 Å². The number of nitrogens with zero attached hydrogens (tertiary/aromatic N) is 4. The standard InChI is InChI=1S/C64H46N4O9/c1-3-74-61(69)49-29-13-25-45-53(49)37-17-5-9-21-41(37)57(45)65-67-59-43-23-11-7-19-39(43)55-47(59)27-15-31-51(55)63(71)76-35-33-73-34-36-77-64(72)52-32-16-28-48-56(52)40-20-8-12-24-44(40)60(48)68-66-58-42-22-10-6-18-38(42)54-46(58)26-14-30-50(54)62(70)75-4-2/h5-32H,3-4,33-36H2,1-2H3.